The molecule has 2 aliphatic rings. The van der Waals surface area contributed by atoms with Crippen molar-refractivity contribution in [2.75, 3.05) is 29.4 Å². The second-order valence-corrected chi connectivity index (χ2v) is 38.9. The number of furan rings is 4. The van der Waals surface area contributed by atoms with E-state index in [2.05, 4.69) is 328 Å². The third-order valence-corrected chi connectivity index (χ3v) is 29.8. The fraction of sp³-hybridized carbons (Fsp3) is 0.0172. The summed E-state index contributed by atoms with van der Waals surface area (Å²) in [5, 5.41) is 6.52. The Bertz CT molecular complexity index is 7720. The minimum atomic E-state index is -3.78. The average Bonchev–Trinajstić information content (AvgIpc) is 1.55. The summed E-state index contributed by atoms with van der Waals surface area (Å²) in [7, 11) is -5.79. The molecule has 0 saturated heterocycles. The number of rotatable bonds is 18. The van der Waals surface area contributed by atoms with Gasteiger partial charge in [-0.3, -0.25) is 0 Å². The van der Waals surface area contributed by atoms with Gasteiger partial charge in [-0.2, -0.15) is 0 Å². The Morgan fingerprint density at radius 2 is 0.462 bits per heavy atom. The van der Waals surface area contributed by atoms with E-state index in [-0.39, 0.29) is 9.79 Å². The van der Waals surface area contributed by atoms with Crippen molar-refractivity contribution in [3.8, 4) is 22.6 Å². The summed E-state index contributed by atoms with van der Waals surface area (Å²) in [6, 6.07) is 162. The van der Waals surface area contributed by atoms with Crippen LogP contribution in [0, 0.1) is 0 Å². The van der Waals surface area contributed by atoms with E-state index in [1.165, 1.54) is 21.3 Å². The summed E-state index contributed by atoms with van der Waals surface area (Å²) < 4.78 is 54.2. The van der Waals surface area contributed by atoms with Crippen LogP contribution >= 0.6 is 0 Å². The van der Waals surface area contributed by atoms with E-state index in [1.54, 1.807) is 6.07 Å². The van der Waals surface area contributed by atoms with Crippen LogP contribution in [0.25, 0.3) is 77.7 Å². The number of anilines is 18. The molecule has 4 aromatic heterocycles. The van der Waals surface area contributed by atoms with Crippen molar-refractivity contribution in [3.63, 3.8) is 0 Å². The molecule has 12 nitrogen and oxygen atoms in total. The maximum absolute atomic E-state index is 13.9. The highest BCUT2D eigenvalue weighted by atomic mass is 32.2. The van der Waals surface area contributed by atoms with Gasteiger partial charge < -0.3 is 47.1 Å². The van der Waals surface area contributed by atoms with E-state index in [0.717, 1.165) is 147 Å². The second-order valence-electron chi connectivity index (χ2n) is 32.7. The maximum atomic E-state index is 13.9. The molecule has 0 fully saturated rings. The van der Waals surface area contributed by atoms with E-state index in [4.69, 9.17) is 17.7 Å². The second kappa shape index (κ2) is 33.7. The Kier molecular flexibility index (Phi) is 20.5. The number of nitrogens with zero attached hydrogens (tertiary/aromatic N) is 6. The van der Waals surface area contributed by atoms with Crippen molar-refractivity contribution in [2.45, 2.75) is 22.9 Å². The van der Waals surface area contributed by atoms with E-state index in [1.807, 2.05) is 182 Å². The predicted molar refractivity (Wildman–Crippen MR) is 537 cm³/mol. The van der Waals surface area contributed by atoms with Gasteiger partial charge in [0.1, 0.15) is 41.1 Å². The van der Waals surface area contributed by atoms with Gasteiger partial charge in [-0.15, -0.1) is 0 Å². The first-order valence-corrected chi connectivity index (χ1v) is 48.0. The summed E-state index contributed by atoms with van der Waals surface area (Å²) >= 11 is 0. The molecule has 130 heavy (non-hydrogen) atoms. The minimum Gasteiger partial charge on any atom is -0.456 e. The number of hydrogen-bond donors (Lipinski definition) is 0. The van der Waals surface area contributed by atoms with Crippen molar-refractivity contribution in [1.29, 1.82) is 0 Å². The van der Waals surface area contributed by atoms with Crippen molar-refractivity contribution < 1.29 is 26.1 Å². The SMILES string of the molecule is C[Si]1(C)c2ccc(N(c3ccccc3)c3ccccc3)cc2-c2oc3cc(N(c4ccccc4)c4ccccc4)ccc3c21.O=S1(=O)c2ccc(N(c3ccccc3)c3ccccc3)cc2-c2oc3cc(N(c4ccccc4)c4ccccc4)ccc3c21.c1ccc(N(c2ccccc2)c2ccc3c(c2)oc2c4cc(N(c5ccccc5)c5ccccc5)ccc4oc32)cc1. The van der Waals surface area contributed by atoms with E-state index in [9.17, 15) is 8.42 Å². The van der Waals surface area contributed by atoms with Crippen molar-refractivity contribution >= 4 is 186 Å². The summed E-state index contributed by atoms with van der Waals surface area (Å²) in [5.74, 6) is 1.40. The van der Waals surface area contributed by atoms with Crippen LogP contribution in [0.1, 0.15) is 0 Å². The molecule has 2 aliphatic heterocycles. The molecule has 0 N–H and O–H groups in total. The van der Waals surface area contributed by atoms with Gasteiger partial charge in [0.2, 0.25) is 9.84 Å². The third-order valence-electron chi connectivity index (χ3n) is 24.4. The zero-order valence-corrected chi connectivity index (χ0v) is 72.9. The third kappa shape index (κ3) is 14.5. The van der Waals surface area contributed by atoms with Gasteiger partial charge in [0.15, 0.2) is 16.9 Å². The van der Waals surface area contributed by atoms with Gasteiger partial charge in [-0.1, -0.05) is 238 Å². The Balaban J connectivity index is 0.000000114. The lowest BCUT2D eigenvalue weighted by Gasteiger charge is -2.27. The highest BCUT2D eigenvalue weighted by Crippen LogP contribution is 2.53. The smallest absolute Gasteiger partial charge is 0.211 e. The summed E-state index contributed by atoms with van der Waals surface area (Å²) in [6.45, 7) is 4.90. The predicted octanol–water partition coefficient (Wildman–Crippen LogP) is 31.6. The molecule has 0 radical (unpaired) electrons. The Morgan fingerprint density at radius 1 is 0.208 bits per heavy atom. The Hall–Kier alpha value is -16.7. The normalized spacial score (nSPS) is 12.4. The average molecular weight is 1720 g/mol. The molecule has 0 spiro atoms. The molecule has 0 aliphatic carbocycles. The lowest BCUT2D eigenvalue weighted by atomic mass is 10.1. The fourth-order valence-corrected chi connectivity index (χ4v) is 23.5. The zero-order chi connectivity index (χ0) is 87.2. The van der Waals surface area contributed by atoms with Gasteiger partial charge in [-0.25, -0.2) is 8.42 Å². The number of fused-ring (bicyclic) bond motifs is 15. The first kappa shape index (κ1) is 79.3. The Morgan fingerprint density at radius 3 is 0.815 bits per heavy atom. The van der Waals surface area contributed by atoms with Crippen LogP contribution in [0.2, 0.25) is 13.1 Å². The molecule has 14 heteroatoms. The van der Waals surface area contributed by atoms with Crippen molar-refractivity contribution in [3.05, 3.63) is 473 Å². The molecular weight excluding hydrogens is 1630 g/mol. The van der Waals surface area contributed by atoms with Crippen molar-refractivity contribution in [2.24, 2.45) is 0 Å². The zero-order valence-electron chi connectivity index (χ0n) is 71.1. The number of sulfone groups is 1. The number of hydrogen-bond acceptors (Lipinski definition) is 12. The first-order chi connectivity index (χ1) is 64.0. The van der Waals surface area contributed by atoms with Crippen LogP contribution in [0.15, 0.2) is 501 Å². The highest BCUT2D eigenvalue weighted by Gasteiger charge is 2.44. The molecular formula is C116H84N6O6SSi. The molecule has 0 atom stereocenters. The standard InChI is InChI=1S/C40H32N2OSi.C38H26N2O3S.C38H26N2O2/c1-44(2)38-26-24-33(41(29-15-7-3-8-16-29)30-17-9-4-10-18-30)27-36(38)39-40(44)35-25-23-34(28-37(35)43-39)42(31-19-11-5-12-20-31)32-21-13-6-14-22-32;41-44(42)36-24-22-31(39(27-13-5-1-6-14-27)28-15-7-2-8-16-28)25-34(36)37-38(44)33-23-21-32(26-35(33)43-37)40(29-17-9-3-10-18-29)30-19-11-4-12-20-30;1-5-13-27(14-6-1)39(28-15-7-2-8-16-28)31-22-24-35-34(25-31)38-37(41-35)33-23-21-32(26-36(33)42-38)40(29-17-9-3-10-18-29)30-19-11-4-12-20-30/h3-28H,1-2H3;1-26H;1-26H. The fourth-order valence-electron chi connectivity index (χ4n) is 18.5. The molecule has 22 aromatic rings. The van der Waals surface area contributed by atoms with Gasteiger partial charge in [0, 0.05) is 142 Å². The largest absolute Gasteiger partial charge is 0.456 e. The molecule has 0 amide bonds. The molecule has 624 valence electrons. The number of benzene rings is 18. The van der Waals surface area contributed by atoms with Crippen LogP contribution in [-0.4, -0.2) is 16.5 Å². The monoisotopic (exact) mass is 1720 g/mol. The van der Waals surface area contributed by atoms with E-state index < -0.39 is 17.9 Å². The topological polar surface area (TPSA) is 106 Å². The molecule has 24 rings (SSSR count). The lowest BCUT2D eigenvalue weighted by molar-refractivity contribution is 0.597. The molecule has 18 aromatic carbocycles. The molecule has 0 unspecified atom stereocenters. The summed E-state index contributed by atoms with van der Waals surface area (Å²) in [5.41, 5.74) is 25.0. The molecule has 0 bridgehead atoms. The van der Waals surface area contributed by atoms with Crippen LogP contribution in [-0.2, 0) is 9.84 Å². The van der Waals surface area contributed by atoms with E-state index >= 15 is 0 Å². The van der Waals surface area contributed by atoms with Gasteiger partial charge in [0.05, 0.1) is 15.7 Å². The van der Waals surface area contributed by atoms with Gasteiger partial charge in [0.25, 0.3) is 0 Å². The first-order valence-electron chi connectivity index (χ1n) is 43.5. The van der Waals surface area contributed by atoms with Crippen molar-refractivity contribution in [1.82, 2.24) is 0 Å². The summed E-state index contributed by atoms with van der Waals surface area (Å²) in [6.07, 6.45) is 0. The van der Waals surface area contributed by atoms with Gasteiger partial charge in [-0.05, 0) is 241 Å². The lowest BCUT2D eigenvalue weighted by Crippen LogP contribution is -2.49. The van der Waals surface area contributed by atoms with Crippen LogP contribution in [0.4, 0.5) is 102 Å². The quantitative estimate of drug-likeness (QED) is 0.0764. The van der Waals surface area contributed by atoms with E-state index in [0.29, 0.717) is 22.3 Å². The van der Waals surface area contributed by atoms with Crippen LogP contribution < -0.4 is 39.8 Å². The maximum Gasteiger partial charge on any atom is 0.211 e. The Labute approximate surface area is 754 Å². The minimum absolute atomic E-state index is 0.225. The molecule has 0 saturated carbocycles. The summed E-state index contributed by atoms with van der Waals surface area (Å²) in [4.78, 5) is 13.8. The highest BCUT2D eigenvalue weighted by molar-refractivity contribution is 7.92. The van der Waals surface area contributed by atoms with Crippen LogP contribution in [0.5, 0.6) is 0 Å². The molecule has 6 heterocycles. The van der Waals surface area contributed by atoms with Gasteiger partial charge >= 0.3 is 0 Å². The van der Waals surface area contributed by atoms with Crippen LogP contribution in [0.3, 0.4) is 0 Å². The number of para-hydroxylation sites is 12.